The molecule has 0 aliphatic rings. The fourth-order valence-corrected chi connectivity index (χ4v) is 1.62. The predicted octanol–water partition coefficient (Wildman–Crippen LogP) is 1.71. The average molecular weight is 285 g/mol. The quantitative estimate of drug-likeness (QED) is 0.899. The Labute approximate surface area is 111 Å². The number of tetrazole rings is 1. The molecule has 0 aliphatic heterocycles. The second-order valence-electron chi connectivity index (χ2n) is 4.01. The number of hydrogen-bond donors (Lipinski definition) is 2. The Bertz CT molecular complexity index is 596. The average Bonchev–Trinajstić information content (AvgIpc) is 2.91. The molecule has 0 radical (unpaired) electrons. The Morgan fingerprint density at radius 3 is 2.65 bits per heavy atom. The van der Waals surface area contributed by atoms with Crippen molar-refractivity contribution in [3.05, 3.63) is 41.2 Å². The van der Waals surface area contributed by atoms with Gasteiger partial charge in [-0.1, -0.05) is 17.3 Å². The van der Waals surface area contributed by atoms with Crippen LogP contribution in [-0.4, -0.2) is 26.5 Å². The molecule has 1 unspecified atom stereocenters. The molecule has 0 bridgehead atoms. The van der Waals surface area contributed by atoms with E-state index in [2.05, 4.69) is 25.9 Å². The molecule has 2 rings (SSSR count). The Morgan fingerprint density at radius 1 is 1.35 bits per heavy atom. The lowest BCUT2D eigenvalue weighted by Gasteiger charge is -2.14. The van der Waals surface area contributed by atoms with Crippen LogP contribution >= 0.6 is 0 Å². The van der Waals surface area contributed by atoms with Gasteiger partial charge in [-0.2, -0.15) is 18.4 Å². The van der Waals surface area contributed by atoms with E-state index in [1.54, 1.807) is 6.92 Å². The number of nitrogens with zero attached hydrogens (tertiary/aromatic N) is 3. The number of aromatic amines is 1. The lowest BCUT2D eigenvalue weighted by molar-refractivity contribution is -0.137. The fourth-order valence-electron chi connectivity index (χ4n) is 1.62. The van der Waals surface area contributed by atoms with Crippen molar-refractivity contribution in [1.82, 2.24) is 25.9 Å². The monoisotopic (exact) mass is 285 g/mol. The normalized spacial score (nSPS) is 13.0. The van der Waals surface area contributed by atoms with Crippen LogP contribution in [-0.2, 0) is 6.18 Å². The molecule has 20 heavy (non-hydrogen) atoms. The van der Waals surface area contributed by atoms with Crippen LogP contribution in [0.2, 0.25) is 0 Å². The molecule has 0 aliphatic carbocycles. The summed E-state index contributed by atoms with van der Waals surface area (Å²) in [6.07, 6.45) is -4.59. The maximum absolute atomic E-state index is 12.8. The van der Waals surface area contributed by atoms with Gasteiger partial charge in [-0.15, -0.1) is 10.2 Å². The first-order chi connectivity index (χ1) is 9.39. The molecule has 2 N–H and O–H groups in total. The van der Waals surface area contributed by atoms with Crippen molar-refractivity contribution in [2.75, 3.05) is 0 Å². The summed E-state index contributed by atoms with van der Waals surface area (Å²) >= 11 is 0. The van der Waals surface area contributed by atoms with Crippen LogP contribution in [0, 0.1) is 0 Å². The third-order valence-electron chi connectivity index (χ3n) is 2.57. The highest BCUT2D eigenvalue weighted by Gasteiger charge is 2.35. The molecule has 1 aromatic heterocycles. The van der Waals surface area contributed by atoms with E-state index in [0.717, 1.165) is 12.1 Å². The number of H-pyrrole nitrogens is 1. The first kappa shape index (κ1) is 14.0. The molecule has 0 spiro atoms. The third kappa shape index (κ3) is 2.92. The van der Waals surface area contributed by atoms with E-state index in [1.165, 1.54) is 12.1 Å². The van der Waals surface area contributed by atoms with Gasteiger partial charge in [-0.3, -0.25) is 4.79 Å². The van der Waals surface area contributed by atoms with E-state index in [-0.39, 0.29) is 5.82 Å². The zero-order valence-electron chi connectivity index (χ0n) is 10.3. The molecular weight excluding hydrogens is 275 g/mol. The topological polar surface area (TPSA) is 83.6 Å². The van der Waals surface area contributed by atoms with Crippen molar-refractivity contribution in [3.8, 4) is 0 Å². The summed E-state index contributed by atoms with van der Waals surface area (Å²) in [7, 11) is 0. The number of hydrogen-bond acceptors (Lipinski definition) is 4. The largest absolute Gasteiger partial charge is 0.417 e. The third-order valence-corrected chi connectivity index (χ3v) is 2.57. The minimum atomic E-state index is -4.59. The number of amides is 1. The van der Waals surface area contributed by atoms with E-state index in [0.29, 0.717) is 0 Å². The number of rotatable bonds is 3. The van der Waals surface area contributed by atoms with Gasteiger partial charge in [0, 0.05) is 0 Å². The highest BCUT2D eigenvalue weighted by Crippen LogP contribution is 2.31. The predicted molar refractivity (Wildman–Crippen MR) is 61.5 cm³/mol. The van der Waals surface area contributed by atoms with Gasteiger partial charge in [0.2, 0.25) is 0 Å². The fraction of sp³-hybridized carbons (Fsp3) is 0.273. The second kappa shape index (κ2) is 5.27. The highest BCUT2D eigenvalue weighted by atomic mass is 19.4. The number of nitrogens with one attached hydrogen (secondary N) is 2. The molecule has 2 aromatic rings. The molecular formula is C11H10F3N5O. The number of halogens is 3. The minimum absolute atomic E-state index is 0.183. The Morgan fingerprint density at radius 2 is 2.05 bits per heavy atom. The van der Waals surface area contributed by atoms with Crippen LogP contribution in [0.1, 0.15) is 34.7 Å². The second-order valence-corrected chi connectivity index (χ2v) is 4.01. The van der Waals surface area contributed by atoms with Gasteiger partial charge < -0.3 is 5.32 Å². The summed E-state index contributed by atoms with van der Waals surface area (Å²) in [6, 6.07) is 3.89. The summed E-state index contributed by atoms with van der Waals surface area (Å²) in [4.78, 5) is 11.9. The van der Waals surface area contributed by atoms with Gasteiger partial charge in [0.15, 0.2) is 5.82 Å². The Hall–Kier alpha value is -2.45. The summed E-state index contributed by atoms with van der Waals surface area (Å²) in [6.45, 7) is 1.54. The molecule has 1 aromatic carbocycles. The molecule has 9 heteroatoms. The van der Waals surface area contributed by atoms with E-state index in [1.807, 2.05) is 0 Å². The van der Waals surface area contributed by atoms with Crippen LogP contribution in [0.4, 0.5) is 13.2 Å². The highest BCUT2D eigenvalue weighted by molar-refractivity contribution is 5.96. The van der Waals surface area contributed by atoms with Crippen molar-refractivity contribution in [2.24, 2.45) is 0 Å². The van der Waals surface area contributed by atoms with Crippen LogP contribution in [0.3, 0.4) is 0 Å². The SMILES string of the molecule is CC(NC(=O)c1ccccc1C(F)(F)F)c1nn[nH]n1. The Kier molecular flexibility index (Phi) is 3.68. The van der Waals surface area contributed by atoms with Gasteiger partial charge in [-0.25, -0.2) is 0 Å². The smallest absolute Gasteiger partial charge is 0.342 e. The summed E-state index contributed by atoms with van der Waals surface area (Å²) in [5.41, 5.74) is -1.44. The standard InChI is InChI=1S/C11H10F3N5O/c1-6(9-16-18-19-17-9)15-10(20)7-4-2-3-5-8(7)11(12,13)14/h2-6H,1H3,(H,15,20)(H,16,17,18,19). The maximum atomic E-state index is 12.8. The molecule has 0 saturated carbocycles. The minimum Gasteiger partial charge on any atom is -0.342 e. The first-order valence-corrected chi connectivity index (χ1v) is 5.60. The number of aromatic nitrogens is 4. The summed E-state index contributed by atoms with van der Waals surface area (Å²) < 4.78 is 38.4. The maximum Gasteiger partial charge on any atom is 0.417 e. The zero-order chi connectivity index (χ0) is 14.8. The van der Waals surface area contributed by atoms with Crippen molar-refractivity contribution >= 4 is 5.91 Å². The van der Waals surface area contributed by atoms with E-state index in [4.69, 9.17) is 0 Å². The molecule has 0 saturated heterocycles. The van der Waals surface area contributed by atoms with Gasteiger partial charge in [0.25, 0.3) is 5.91 Å². The van der Waals surface area contributed by atoms with Gasteiger partial charge in [0.1, 0.15) is 0 Å². The van der Waals surface area contributed by atoms with Gasteiger partial charge in [0.05, 0.1) is 17.2 Å². The van der Waals surface area contributed by atoms with E-state index in [9.17, 15) is 18.0 Å². The van der Waals surface area contributed by atoms with Crippen molar-refractivity contribution in [2.45, 2.75) is 19.1 Å². The zero-order valence-corrected chi connectivity index (χ0v) is 10.3. The lowest BCUT2D eigenvalue weighted by atomic mass is 10.1. The van der Waals surface area contributed by atoms with Crippen molar-refractivity contribution in [1.29, 1.82) is 0 Å². The van der Waals surface area contributed by atoms with Crippen molar-refractivity contribution < 1.29 is 18.0 Å². The number of benzene rings is 1. The molecule has 6 nitrogen and oxygen atoms in total. The summed E-state index contributed by atoms with van der Waals surface area (Å²) in [5, 5.41) is 15.2. The molecule has 0 fully saturated rings. The Balaban J connectivity index is 2.22. The number of carbonyl (C=O) groups is 1. The van der Waals surface area contributed by atoms with Crippen LogP contribution in [0.15, 0.2) is 24.3 Å². The lowest BCUT2D eigenvalue weighted by Crippen LogP contribution is -2.29. The summed E-state index contributed by atoms with van der Waals surface area (Å²) in [5.74, 6) is -0.668. The van der Waals surface area contributed by atoms with Gasteiger partial charge >= 0.3 is 6.18 Å². The number of carbonyl (C=O) groups excluding carboxylic acids is 1. The first-order valence-electron chi connectivity index (χ1n) is 5.60. The molecule has 1 atom stereocenters. The van der Waals surface area contributed by atoms with Crippen LogP contribution in [0.5, 0.6) is 0 Å². The van der Waals surface area contributed by atoms with Gasteiger partial charge in [-0.05, 0) is 19.1 Å². The molecule has 1 heterocycles. The number of alkyl halides is 3. The van der Waals surface area contributed by atoms with E-state index < -0.39 is 29.3 Å². The van der Waals surface area contributed by atoms with E-state index >= 15 is 0 Å². The van der Waals surface area contributed by atoms with Crippen LogP contribution in [0.25, 0.3) is 0 Å². The molecule has 106 valence electrons. The molecule has 1 amide bonds. The van der Waals surface area contributed by atoms with Crippen LogP contribution < -0.4 is 5.32 Å². The van der Waals surface area contributed by atoms with Crippen molar-refractivity contribution in [3.63, 3.8) is 0 Å².